The molecule has 0 bridgehead atoms. The summed E-state index contributed by atoms with van der Waals surface area (Å²) in [7, 11) is 0. The minimum atomic E-state index is -0.153. The predicted molar refractivity (Wildman–Crippen MR) is 117 cm³/mol. The van der Waals surface area contributed by atoms with Crippen molar-refractivity contribution >= 4 is 45.4 Å². The molecule has 2 aromatic heterocycles. The van der Waals surface area contributed by atoms with Gasteiger partial charge in [-0.1, -0.05) is 42.1 Å². The van der Waals surface area contributed by atoms with Crippen molar-refractivity contribution < 1.29 is 4.79 Å². The van der Waals surface area contributed by atoms with E-state index in [1.165, 1.54) is 11.8 Å². The molecule has 0 spiro atoms. The van der Waals surface area contributed by atoms with Crippen LogP contribution in [0.4, 0.5) is 0 Å². The van der Waals surface area contributed by atoms with Crippen LogP contribution < -0.4 is 5.43 Å². The van der Waals surface area contributed by atoms with Crippen molar-refractivity contribution in [1.82, 2.24) is 15.0 Å². The third-order valence-electron chi connectivity index (χ3n) is 4.07. The maximum atomic E-state index is 12.0. The molecule has 4 aromatic rings. The first-order valence-electron chi connectivity index (χ1n) is 8.74. The molecule has 1 amide bonds. The van der Waals surface area contributed by atoms with E-state index in [4.69, 9.17) is 0 Å². The number of benzene rings is 2. The first-order valence-corrected chi connectivity index (χ1v) is 10.5. The molecule has 2 heterocycles. The van der Waals surface area contributed by atoms with Gasteiger partial charge in [0.15, 0.2) is 4.34 Å². The number of nitrogens with zero attached hydrogens (tertiary/aromatic N) is 3. The van der Waals surface area contributed by atoms with E-state index < -0.39 is 0 Å². The molecule has 4 rings (SSSR count). The molecule has 1 N–H and O–H groups in total. The molecule has 0 aliphatic rings. The highest BCUT2D eigenvalue weighted by molar-refractivity contribution is 8.01. The summed E-state index contributed by atoms with van der Waals surface area (Å²) in [6.45, 7) is 2.04. The van der Waals surface area contributed by atoms with Crippen LogP contribution in [0, 0.1) is 6.92 Å². The number of fused-ring (bicyclic) bond motifs is 1. The molecule has 0 aliphatic heterocycles. The molecule has 0 radical (unpaired) electrons. The molecule has 0 saturated heterocycles. The van der Waals surface area contributed by atoms with Crippen molar-refractivity contribution in [2.45, 2.75) is 11.3 Å². The molecule has 5 nitrogen and oxygen atoms in total. The Kier molecular flexibility index (Phi) is 5.55. The van der Waals surface area contributed by atoms with Crippen LogP contribution in [0.2, 0.25) is 0 Å². The maximum Gasteiger partial charge on any atom is 0.250 e. The summed E-state index contributed by atoms with van der Waals surface area (Å²) in [5.74, 6) is 0.126. The Labute approximate surface area is 171 Å². The number of amides is 1. The number of thioether (sulfide) groups is 1. The van der Waals surface area contributed by atoms with Gasteiger partial charge >= 0.3 is 0 Å². The van der Waals surface area contributed by atoms with E-state index in [0.29, 0.717) is 0 Å². The Morgan fingerprint density at radius 3 is 2.82 bits per heavy atom. The normalized spacial score (nSPS) is 11.3. The Morgan fingerprint density at radius 2 is 2.00 bits per heavy atom. The molecule has 0 atom stereocenters. The van der Waals surface area contributed by atoms with Gasteiger partial charge in [0.2, 0.25) is 0 Å². The first kappa shape index (κ1) is 18.5. The van der Waals surface area contributed by atoms with Gasteiger partial charge in [-0.05, 0) is 37.3 Å². The number of hydrogen-bond acceptors (Lipinski definition) is 5. The van der Waals surface area contributed by atoms with Crippen molar-refractivity contribution in [1.29, 1.82) is 0 Å². The van der Waals surface area contributed by atoms with Crippen molar-refractivity contribution in [3.63, 3.8) is 0 Å². The highest BCUT2D eigenvalue weighted by Crippen LogP contribution is 2.29. The molecule has 0 saturated carbocycles. The minimum absolute atomic E-state index is 0.153. The van der Waals surface area contributed by atoms with E-state index in [2.05, 4.69) is 32.2 Å². The van der Waals surface area contributed by atoms with Gasteiger partial charge in [-0.15, -0.1) is 11.3 Å². The summed E-state index contributed by atoms with van der Waals surface area (Å²) in [6.07, 6.45) is 3.66. The number of aryl methyl sites for hydroxylation is 1. The fourth-order valence-electron chi connectivity index (χ4n) is 2.79. The van der Waals surface area contributed by atoms with Crippen LogP contribution in [0.15, 0.2) is 76.3 Å². The number of aromatic nitrogens is 2. The topological polar surface area (TPSA) is 59.3 Å². The lowest BCUT2D eigenvalue weighted by atomic mass is 10.3. The summed E-state index contributed by atoms with van der Waals surface area (Å²) >= 11 is 3.01. The Bertz CT molecular complexity index is 1100. The second kappa shape index (κ2) is 8.41. The number of thiazole rings is 1. The van der Waals surface area contributed by atoms with Gasteiger partial charge in [0.05, 0.1) is 22.2 Å². The standard InChI is InChI=1S/C21H18N4OS2/c1-15-11-16(13-25(15)17-7-3-2-4-8-17)12-22-24-20(26)14-27-21-23-18-9-5-6-10-19(18)28-21/h2-13H,14H2,1H3,(H,24,26)/b22-12+. The highest BCUT2D eigenvalue weighted by atomic mass is 32.2. The molecular formula is C21H18N4OS2. The molecule has 0 fully saturated rings. The van der Waals surface area contributed by atoms with E-state index in [-0.39, 0.29) is 11.7 Å². The first-order chi connectivity index (χ1) is 13.7. The highest BCUT2D eigenvalue weighted by Gasteiger charge is 2.07. The number of hydrogen-bond donors (Lipinski definition) is 1. The van der Waals surface area contributed by atoms with Crippen molar-refractivity contribution in [3.05, 3.63) is 78.1 Å². The number of nitrogens with one attached hydrogen (secondary N) is 1. The van der Waals surface area contributed by atoms with E-state index in [9.17, 15) is 4.79 Å². The third-order valence-corrected chi connectivity index (χ3v) is 6.25. The SMILES string of the molecule is Cc1cc(/C=N/NC(=O)CSc2nc3ccccc3s2)cn1-c1ccccc1. The largest absolute Gasteiger partial charge is 0.321 e. The summed E-state index contributed by atoms with van der Waals surface area (Å²) in [5, 5.41) is 4.08. The van der Waals surface area contributed by atoms with Gasteiger partial charge < -0.3 is 4.57 Å². The summed E-state index contributed by atoms with van der Waals surface area (Å²) in [6, 6.07) is 20.1. The van der Waals surface area contributed by atoms with E-state index >= 15 is 0 Å². The van der Waals surface area contributed by atoms with Gasteiger partial charge in [0.25, 0.3) is 5.91 Å². The van der Waals surface area contributed by atoms with Crippen molar-refractivity contribution in [2.75, 3.05) is 5.75 Å². The zero-order valence-electron chi connectivity index (χ0n) is 15.2. The predicted octanol–water partition coefficient (Wildman–Crippen LogP) is 4.64. The van der Waals surface area contributed by atoms with Gasteiger partial charge in [-0.3, -0.25) is 4.79 Å². The second-order valence-electron chi connectivity index (χ2n) is 6.15. The zero-order valence-corrected chi connectivity index (χ0v) is 16.8. The van der Waals surface area contributed by atoms with Crippen LogP contribution in [0.25, 0.3) is 15.9 Å². The maximum absolute atomic E-state index is 12.0. The Hall–Kier alpha value is -2.90. The smallest absolute Gasteiger partial charge is 0.250 e. The van der Waals surface area contributed by atoms with Crippen LogP contribution in [0.1, 0.15) is 11.3 Å². The van der Waals surface area contributed by atoms with E-state index in [0.717, 1.165) is 31.5 Å². The molecule has 2 aromatic carbocycles. The lowest BCUT2D eigenvalue weighted by Gasteiger charge is -2.04. The monoisotopic (exact) mass is 406 g/mol. The number of para-hydroxylation sites is 2. The number of hydrazone groups is 1. The summed E-state index contributed by atoms with van der Waals surface area (Å²) in [4.78, 5) is 16.6. The molecule has 140 valence electrons. The number of rotatable bonds is 6. The van der Waals surface area contributed by atoms with Crippen LogP contribution in [0.3, 0.4) is 0 Å². The zero-order chi connectivity index (χ0) is 19.3. The van der Waals surface area contributed by atoms with Crippen LogP contribution in [-0.4, -0.2) is 27.4 Å². The van der Waals surface area contributed by atoms with Gasteiger partial charge in [0, 0.05) is 23.1 Å². The van der Waals surface area contributed by atoms with Crippen molar-refractivity contribution in [2.24, 2.45) is 5.10 Å². The van der Waals surface area contributed by atoms with Crippen LogP contribution in [-0.2, 0) is 4.79 Å². The second-order valence-corrected chi connectivity index (χ2v) is 8.40. The van der Waals surface area contributed by atoms with Gasteiger partial charge in [-0.2, -0.15) is 5.10 Å². The fraction of sp³-hybridized carbons (Fsp3) is 0.0952. The lowest BCUT2D eigenvalue weighted by molar-refractivity contribution is -0.118. The number of carbonyl (C=O) groups is 1. The van der Waals surface area contributed by atoms with E-state index in [1.807, 2.05) is 61.7 Å². The molecular weight excluding hydrogens is 388 g/mol. The lowest BCUT2D eigenvalue weighted by Crippen LogP contribution is -2.19. The molecule has 0 aliphatic carbocycles. The number of carbonyl (C=O) groups excluding carboxylic acids is 1. The quantitative estimate of drug-likeness (QED) is 0.288. The molecule has 28 heavy (non-hydrogen) atoms. The minimum Gasteiger partial charge on any atom is -0.321 e. The van der Waals surface area contributed by atoms with Crippen LogP contribution in [0.5, 0.6) is 0 Å². The molecule has 7 heteroatoms. The average molecular weight is 407 g/mol. The van der Waals surface area contributed by atoms with Gasteiger partial charge in [0.1, 0.15) is 0 Å². The fourth-order valence-corrected chi connectivity index (χ4v) is 4.65. The van der Waals surface area contributed by atoms with Crippen LogP contribution >= 0.6 is 23.1 Å². The Balaban J connectivity index is 1.32. The van der Waals surface area contributed by atoms with Crippen molar-refractivity contribution in [3.8, 4) is 5.69 Å². The average Bonchev–Trinajstić information content (AvgIpc) is 3.30. The van der Waals surface area contributed by atoms with E-state index in [1.54, 1.807) is 17.6 Å². The molecule has 0 unspecified atom stereocenters. The summed E-state index contributed by atoms with van der Waals surface area (Å²) in [5.41, 5.74) is 6.67. The Morgan fingerprint density at radius 1 is 1.21 bits per heavy atom. The third kappa shape index (κ3) is 4.32. The summed E-state index contributed by atoms with van der Waals surface area (Å²) < 4.78 is 4.10. The van der Waals surface area contributed by atoms with Gasteiger partial charge in [-0.25, -0.2) is 10.4 Å².